The van der Waals surface area contributed by atoms with E-state index in [1.165, 1.54) is 6.07 Å². The Morgan fingerprint density at radius 3 is 2.94 bits per heavy atom. The summed E-state index contributed by atoms with van der Waals surface area (Å²) in [7, 11) is 1.56. The van der Waals surface area contributed by atoms with Crippen LogP contribution < -0.4 is 10.4 Å². The van der Waals surface area contributed by atoms with Gasteiger partial charge in [-0.2, -0.15) is 0 Å². The van der Waals surface area contributed by atoms with Crippen molar-refractivity contribution in [1.29, 1.82) is 0 Å². The first-order chi connectivity index (χ1) is 7.74. The van der Waals surface area contributed by atoms with Crippen molar-refractivity contribution in [2.24, 2.45) is 0 Å². The number of rotatable bonds is 3. The summed E-state index contributed by atoms with van der Waals surface area (Å²) in [6.45, 7) is 3.69. The van der Waals surface area contributed by atoms with Crippen molar-refractivity contribution in [3.8, 4) is 5.75 Å². The summed E-state index contributed by atoms with van der Waals surface area (Å²) < 4.78 is 10.3. The zero-order chi connectivity index (χ0) is 11.5. The number of ether oxygens (including phenoxy) is 1. The lowest BCUT2D eigenvalue weighted by atomic mass is 10.1. The molecule has 82 valence electrons. The summed E-state index contributed by atoms with van der Waals surface area (Å²) in [5.41, 5.74) is 1.19. The van der Waals surface area contributed by atoms with Gasteiger partial charge < -0.3 is 9.15 Å². The maximum absolute atomic E-state index is 11.1. The predicted molar refractivity (Wildman–Crippen MR) is 62.9 cm³/mol. The molecule has 0 fully saturated rings. The van der Waals surface area contributed by atoms with E-state index in [-0.39, 0.29) is 5.63 Å². The van der Waals surface area contributed by atoms with Gasteiger partial charge in [0.2, 0.25) is 0 Å². The third-order valence-corrected chi connectivity index (χ3v) is 2.34. The Morgan fingerprint density at radius 1 is 1.44 bits per heavy atom. The van der Waals surface area contributed by atoms with Crippen molar-refractivity contribution in [3.63, 3.8) is 0 Å². The number of benzene rings is 1. The van der Waals surface area contributed by atoms with Gasteiger partial charge in [0.1, 0.15) is 0 Å². The molecular weight excluding hydrogens is 204 g/mol. The van der Waals surface area contributed by atoms with Gasteiger partial charge in [-0.05, 0) is 30.2 Å². The van der Waals surface area contributed by atoms with Crippen LogP contribution in [0.4, 0.5) is 0 Å². The minimum atomic E-state index is -0.373. The van der Waals surface area contributed by atoms with Crippen LogP contribution in [0.3, 0.4) is 0 Å². The second-order valence-corrected chi connectivity index (χ2v) is 3.46. The summed E-state index contributed by atoms with van der Waals surface area (Å²) in [6, 6.07) is 6.95. The van der Waals surface area contributed by atoms with Crippen LogP contribution in [-0.4, -0.2) is 7.11 Å². The van der Waals surface area contributed by atoms with Gasteiger partial charge in [-0.1, -0.05) is 6.08 Å². The van der Waals surface area contributed by atoms with Crippen LogP contribution >= 0.6 is 0 Å². The fraction of sp³-hybridized carbons (Fsp3) is 0.154. The Hall–Kier alpha value is -2.03. The average Bonchev–Trinajstić information content (AvgIpc) is 2.29. The Balaban J connectivity index is 2.72. The lowest BCUT2D eigenvalue weighted by Crippen LogP contribution is -1.97. The molecule has 0 aliphatic rings. The molecule has 0 spiro atoms. The van der Waals surface area contributed by atoms with E-state index in [0.717, 1.165) is 17.4 Å². The first kappa shape index (κ1) is 10.5. The van der Waals surface area contributed by atoms with Crippen LogP contribution in [0, 0.1) is 0 Å². The molecule has 0 amide bonds. The van der Waals surface area contributed by atoms with E-state index >= 15 is 0 Å². The molecule has 1 heterocycles. The van der Waals surface area contributed by atoms with Crippen molar-refractivity contribution in [3.05, 3.63) is 52.9 Å². The van der Waals surface area contributed by atoms with Gasteiger partial charge in [0, 0.05) is 11.5 Å². The van der Waals surface area contributed by atoms with Gasteiger partial charge in [-0.15, -0.1) is 6.58 Å². The van der Waals surface area contributed by atoms with Crippen molar-refractivity contribution in [1.82, 2.24) is 0 Å². The molecule has 2 aromatic rings. The van der Waals surface area contributed by atoms with Crippen LogP contribution in [0.5, 0.6) is 5.75 Å². The van der Waals surface area contributed by atoms with Crippen LogP contribution in [0.15, 0.2) is 46.1 Å². The van der Waals surface area contributed by atoms with Crippen molar-refractivity contribution >= 4 is 11.0 Å². The first-order valence-electron chi connectivity index (χ1n) is 4.96. The monoisotopic (exact) mass is 216 g/mol. The number of methoxy groups -OCH3 is 1. The quantitative estimate of drug-likeness (QED) is 0.584. The molecule has 1 aromatic carbocycles. The number of allylic oxidation sites excluding steroid dienone is 1. The Bertz CT molecular complexity index is 581. The molecule has 0 saturated carbocycles. The van der Waals surface area contributed by atoms with Crippen LogP contribution in [-0.2, 0) is 6.42 Å². The fourth-order valence-corrected chi connectivity index (χ4v) is 1.64. The third kappa shape index (κ3) is 1.84. The van der Waals surface area contributed by atoms with Gasteiger partial charge in [0.15, 0.2) is 11.3 Å². The summed E-state index contributed by atoms with van der Waals surface area (Å²) in [4.78, 5) is 11.1. The molecule has 0 saturated heterocycles. The molecule has 16 heavy (non-hydrogen) atoms. The molecule has 0 radical (unpaired) electrons. The maximum Gasteiger partial charge on any atom is 0.336 e. The Labute approximate surface area is 93.0 Å². The molecule has 1 aromatic heterocycles. The van der Waals surface area contributed by atoms with Crippen LogP contribution in [0.1, 0.15) is 5.56 Å². The van der Waals surface area contributed by atoms with Gasteiger partial charge in [-0.3, -0.25) is 0 Å². The van der Waals surface area contributed by atoms with Crippen LogP contribution in [0.2, 0.25) is 0 Å². The highest BCUT2D eigenvalue weighted by molar-refractivity contribution is 5.83. The molecule has 0 aliphatic heterocycles. The number of hydrogen-bond acceptors (Lipinski definition) is 3. The summed E-state index contributed by atoms with van der Waals surface area (Å²) in [5.74, 6) is 0.576. The summed E-state index contributed by atoms with van der Waals surface area (Å²) in [6.07, 6.45) is 2.57. The smallest absolute Gasteiger partial charge is 0.336 e. The summed E-state index contributed by atoms with van der Waals surface area (Å²) >= 11 is 0. The lowest BCUT2D eigenvalue weighted by molar-refractivity contribution is 0.406. The zero-order valence-electron chi connectivity index (χ0n) is 9.03. The average molecular weight is 216 g/mol. The minimum Gasteiger partial charge on any atom is -0.493 e. The van der Waals surface area contributed by atoms with E-state index in [1.807, 2.05) is 18.2 Å². The fourth-order valence-electron chi connectivity index (χ4n) is 1.64. The molecular formula is C13H12O3. The van der Waals surface area contributed by atoms with Gasteiger partial charge >= 0.3 is 5.63 Å². The van der Waals surface area contributed by atoms with E-state index in [4.69, 9.17) is 9.15 Å². The molecule has 0 aliphatic carbocycles. The van der Waals surface area contributed by atoms with E-state index in [9.17, 15) is 4.79 Å². The SMILES string of the molecule is C=CCc1cc(OC)c2oc(=O)ccc2c1. The number of fused-ring (bicyclic) bond motifs is 1. The Morgan fingerprint density at radius 2 is 2.25 bits per heavy atom. The van der Waals surface area contributed by atoms with Crippen molar-refractivity contribution in [2.45, 2.75) is 6.42 Å². The molecule has 3 nitrogen and oxygen atoms in total. The molecule has 2 rings (SSSR count). The normalized spacial score (nSPS) is 10.3. The summed E-state index contributed by atoms with van der Waals surface area (Å²) in [5, 5.41) is 0.857. The molecule has 0 bridgehead atoms. The molecule has 3 heteroatoms. The largest absolute Gasteiger partial charge is 0.493 e. The molecule has 0 unspecified atom stereocenters. The molecule has 0 atom stereocenters. The van der Waals surface area contributed by atoms with Gasteiger partial charge in [0.25, 0.3) is 0 Å². The minimum absolute atomic E-state index is 0.373. The van der Waals surface area contributed by atoms with E-state index in [1.54, 1.807) is 13.2 Å². The molecule has 0 N–H and O–H groups in total. The van der Waals surface area contributed by atoms with E-state index in [0.29, 0.717) is 11.3 Å². The zero-order valence-corrected chi connectivity index (χ0v) is 9.03. The first-order valence-corrected chi connectivity index (χ1v) is 4.96. The standard InChI is InChI=1S/C13H12O3/c1-3-4-9-7-10-5-6-12(14)16-13(10)11(8-9)15-2/h3,5-8H,1,4H2,2H3. The number of hydrogen-bond donors (Lipinski definition) is 0. The second kappa shape index (κ2) is 4.23. The topological polar surface area (TPSA) is 39.4 Å². The van der Waals surface area contributed by atoms with Crippen molar-refractivity contribution < 1.29 is 9.15 Å². The highest BCUT2D eigenvalue weighted by Gasteiger charge is 2.06. The Kier molecular flexibility index (Phi) is 2.77. The maximum atomic E-state index is 11.1. The van der Waals surface area contributed by atoms with Crippen molar-refractivity contribution in [2.75, 3.05) is 7.11 Å². The third-order valence-electron chi connectivity index (χ3n) is 2.34. The lowest BCUT2D eigenvalue weighted by Gasteiger charge is -2.06. The second-order valence-electron chi connectivity index (χ2n) is 3.46. The van der Waals surface area contributed by atoms with Gasteiger partial charge in [-0.25, -0.2) is 4.79 Å². The van der Waals surface area contributed by atoms with Crippen LogP contribution in [0.25, 0.3) is 11.0 Å². The highest BCUT2D eigenvalue weighted by Crippen LogP contribution is 2.26. The predicted octanol–water partition coefficient (Wildman–Crippen LogP) is 2.53. The highest BCUT2D eigenvalue weighted by atomic mass is 16.5. The van der Waals surface area contributed by atoms with E-state index in [2.05, 4.69) is 6.58 Å². The van der Waals surface area contributed by atoms with Gasteiger partial charge in [0.05, 0.1) is 7.11 Å². The van der Waals surface area contributed by atoms with E-state index < -0.39 is 0 Å².